The maximum absolute atomic E-state index is 12.5. The molecule has 0 unspecified atom stereocenters. The van der Waals surface area contributed by atoms with Gasteiger partial charge in [-0.2, -0.15) is 5.10 Å². The highest BCUT2D eigenvalue weighted by Crippen LogP contribution is 2.32. The van der Waals surface area contributed by atoms with Crippen molar-refractivity contribution in [3.63, 3.8) is 0 Å². The molecule has 142 valence electrons. The van der Waals surface area contributed by atoms with E-state index in [0.717, 1.165) is 22.0 Å². The summed E-state index contributed by atoms with van der Waals surface area (Å²) in [5, 5.41) is 6.48. The molecule has 3 aromatic rings. The average molecular weight is 370 g/mol. The minimum atomic E-state index is -0.191. The highest BCUT2D eigenvalue weighted by atomic mass is 16.2. The third kappa shape index (κ3) is 4.14. The molecule has 3 aromatic carbocycles. The fourth-order valence-corrected chi connectivity index (χ4v) is 4.03. The van der Waals surface area contributed by atoms with Crippen molar-refractivity contribution in [1.29, 1.82) is 0 Å². The lowest BCUT2D eigenvalue weighted by Gasteiger charge is -2.22. The standard InChI is InChI=1S/C25H26N2O/c1-18(19-11-13-22(14-12-19)20-7-3-2-4-8-20)26-27-25(28)24-16-15-21-9-5-6-10-23(21)17-24/h5-6,9-17,20H,2-4,7-8H2,1H3,(H,27,28)/b26-18+. The van der Waals surface area contributed by atoms with Gasteiger partial charge in [0.25, 0.3) is 5.91 Å². The Bertz CT molecular complexity index is 998. The number of benzene rings is 3. The van der Waals surface area contributed by atoms with Gasteiger partial charge in [0, 0.05) is 5.56 Å². The van der Waals surface area contributed by atoms with Gasteiger partial charge in [-0.05, 0) is 59.7 Å². The molecule has 1 N–H and O–H groups in total. The van der Waals surface area contributed by atoms with Crippen LogP contribution < -0.4 is 5.43 Å². The molecule has 0 aromatic heterocycles. The van der Waals surface area contributed by atoms with Gasteiger partial charge in [-0.15, -0.1) is 0 Å². The van der Waals surface area contributed by atoms with Crippen molar-refractivity contribution >= 4 is 22.4 Å². The summed E-state index contributed by atoms with van der Waals surface area (Å²) in [4.78, 5) is 12.5. The molecule has 3 nitrogen and oxygen atoms in total. The number of nitrogens with one attached hydrogen (secondary N) is 1. The van der Waals surface area contributed by atoms with Crippen LogP contribution in [0, 0.1) is 0 Å². The van der Waals surface area contributed by atoms with Crippen LogP contribution in [0.3, 0.4) is 0 Å². The van der Waals surface area contributed by atoms with Gasteiger partial charge >= 0.3 is 0 Å². The van der Waals surface area contributed by atoms with Crippen LogP contribution in [-0.4, -0.2) is 11.6 Å². The normalized spacial score (nSPS) is 15.5. The molecule has 4 rings (SSSR count). The molecule has 0 spiro atoms. The smallest absolute Gasteiger partial charge is 0.267 e. The van der Waals surface area contributed by atoms with E-state index in [-0.39, 0.29) is 5.91 Å². The van der Waals surface area contributed by atoms with E-state index in [0.29, 0.717) is 11.5 Å². The molecule has 1 saturated carbocycles. The molecule has 1 amide bonds. The van der Waals surface area contributed by atoms with E-state index in [4.69, 9.17) is 0 Å². The first-order chi connectivity index (χ1) is 13.7. The highest BCUT2D eigenvalue weighted by Gasteiger charge is 2.15. The summed E-state index contributed by atoms with van der Waals surface area (Å²) in [6, 6.07) is 22.4. The first kappa shape index (κ1) is 18.4. The van der Waals surface area contributed by atoms with Gasteiger partial charge in [0.1, 0.15) is 0 Å². The Morgan fingerprint density at radius 2 is 1.54 bits per heavy atom. The molecule has 0 radical (unpaired) electrons. The van der Waals surface area contributed by atoms with E-state index in [1.165, 1.54) is 37.7 Å². The highest BCUT2D eigenvalue weighted by molar-refractivity contribution is 6.02. The number of carbonyl (C=O) groups excluding carboxylic acids is 1. The van der Waals surface area contributed by atoms with Crippen LogP contribution in [0.2, 0.25) is 0 Å². The fourth-order valence-electron chi connectivity index (χ4n) is 4.03. The third-order valence-corrected chi connectivity index (χ3v) is 5.74. The van der Waals surface area contributed by atoms with Crippen molar-refractivity contribution in [1.82, 2.24) is 5.43 Å². The van der Waals surface area contributed by atoms with Crippen LogP contribution in [0.4, 0.5) is 0 Å². The van der Waals surface area contributed by atoms with Crippen LogP contribution in [0.1, 0.15) is 66.4 Å². The minimum Gasteiger partial charge on any atom is -0.267 e. The molecule has 1 aliphatic carbocycles. The van der Waals surface area contributed by atoms with E-state index in [1.54, 1.807) is 0 Å². The van der Waals surface area contributed by atoms with Crippen LogP contribution >= 0.6 is 0 Å². The van der Waals surface area contributed by atoms with Gasteiger partial charge in [0.2, 0.25) is 0 Å². The van der Waals surface area contributed by atoms with Crippen molar-refractivity contribution in [2.75, 3.05) is 0 Å². The number of hydrazone groups is 1. The molecular weight excluding hydrogens is 344 g/mol. The second kappa shape index (κ2) is 8.39. The van der Waals surface area contributed by atoms with Gasteiger partial charge in [-0.25, -0.2) is 5.43 Å². The number of carbonyl (C=O) groups is 1. The average Bonchev–Trinajstić information content (AvgIpc) is 2.77. The van der Waals surface area contributed by atoms with Gasteiger partial charge < -0.3 is 0 Å². The molecule has 0 heterocycles. The predicted molar refractivity (Wildman–Crippen MR) is 116 cm³/mol. The van der Waals surface area contributed by atoms with Crippen molar-refractivity contribution < 1.29 is 4.79 Å². The summed E-state index contributed by atoms with van der Waals surface area (Å²) in [5.74, 6) is 0.511. The largest absolute Gasteiger partial charge is 0.271 e. The zero-order chi connectivity index (χ0) is 19.3. The van der Waals surface area contributed by atoms with E-state index in [1.807, 2.05) is 49.4 Å². The number of hydrogen-bond acceptors (Lipinski definition) is 2. The second-order valence-electron chi connectivity index (χ2n) is 7.66. The molecule has 28 heavy (non-hydrogen) atoms. The Kier molecular flexibility index (Phi) is 5.52. The summed E-state index contributed by atoms with van der Waals surface area (Å²) in [6.45, 7) is 1.93. The Hall–Kier alpha value is -2.94. The van der Waals surface area contributed by atoms with Crippen LogP contribution in [0.5, 0.6) is 0 Å². The Balaban J connectivity index is 1.43. The quantitative estimate of drug-likeness (QED) is 0.441. The van der Waals surface area contributed by atoms with Crippen molar-refractivity contribution in [3.05, 3.63) is 83.4 Å². The zero-order valence-electron chi connectivity index (χ0n) is 16.3. The van der Waals surface area contributed by atoms with Crippen molar-refractivity contribution in [2.24, 2.45) is 5.10 Å². The summed E-state index contributed by atoms with van der Waals surface area (Å²) in [7, 11) is 0. The lowest BCUT2D eigenvalue weighted by Crippen LogP contribution is -2.19. The summed E-state index contributed by atoms with van der Waals surface area (Å²) >= 11 is 0. The molecule has 3 heteroatoms. The number of nitrogens with zero attached hydrogens (tertiary/aromatic N) is 1. The maximum Gasteiger partial charge on any atom is 0.271 e. The van der Waals surface area contributed by atoms with Crippen molar-refractivity contribution in [3.8, 4) is 0 Å². The SMILES string of the molecule is C/C(=N\NC(=O)c1ccc2ccccc2c1)c1ccc(C2CCCCC2)cc1. The lowest BCUT2D eigenvalue weighted by molar-refractivity contribution is 0.0955. The first-order valence-electron chi connectivity index (χ1n) is 10.1. The van der Waals surface area contributed by atoms with Crippen LogP contribution in [0.25, 0.3) is 10.8 Å². The van der Waals surface area contributed by atoms with E-state index < -0.39 is 0 Å². The number of hydrogen-bond donors (Lipinski definition) is 1. The summed E-state index contributed by atoms with van der Waals surface area (Å²) in [6.07, 6.45) is 6.65. The zero-order valence-corrected chi connectivity index (χ0v) is 16.3. The molecule has 1 aliphatic rings. The Morgan fingerprint density at radius 3 is 2.29 bits per heavy atom. The second-order valence-corrected chi connectivity index (χ2v) is 7.66. The molecular formula is C25H26N2O. The lowest BCUT2D eigenvalue weighted by atomic mass is 9.84. The summed E-state index contributed by atoms with van der Waals surface area (Å²) < 4.78 is 0. The molecule has 0 bridgehead atoms. The Labute approximate surface area is 166 Å². The fraction of sp³-hybridized carbons (Fsp3) is 0.280. The molecule has 0 aliphatic heterocycles. The topological polar surface area (TPSA) is 41.5 Å². The van der Waals surface area contributed by atoms with E-state index in [9.17, 15) is 4.79 Å². The van der Waals surface area contributed by atoms with Gasteiger partial charge in [0.15, 0.2) is 0 Å². The number of fused-ring (bicyclic) bond motifs is 1. The van der Waals surface area contributed by atoms with E-state index in [2.05, 4.69) is 34.8 Å². The number of amides is 1. The van der Waals surface area contributed by atoms with Gasteiger partial charge in [0.05, 0.1) is 5.71 Å². The van der Waals surface area contributed by atoms with Gasteiger partial charge in [-0.1, -0.05) is 73.9 Å². The van der Waals surface area contributed by atoms with Gasteiger partial charge in [-0.3, -0.25) is 4.79 Å². The molecule has 0 atom stereocenters. The first-order valence-corrected chi connectivity index (χ1v) is 10.1. The molecule has 0 saturated heterocycles. The van der Waals surface area contributed by atoms with Crippen LogP contribution in [-0.2, 0) is 0 Å². The van der Waals surface area contributed by atoms with Crippen molar-refractivity contribution in [2.45, 2.75) is 44.9 Å². The number of rotatable bonds is 4. The monoisotopic (exact) mass is 370 g/mol. The van der Waals surface area contributed by atoms with E-state index >= 15 is 0 Å². The predicted octanol–water partition coefficient (Wildman–Crippen LogP) is 6.04. The molecule has 1 fully saturated rings. The minimum absolute atomic E-state index is 0.191. The Morgan fingerprint density at radius 1 is 0.857 bits per heavy atom. The third-order valence-electron chi connectivity index (χ3n) is 5.74. The van der Waals surface area contributed by atoms with Crippen LogP contribution in [0.15, 0.2) is 71.8 Å². The summed E-state index contributed by atoms with van der Waals surface area (Å²) in [5.41, 5.74) is 6.58. The maximum atomic E-state index is 12.5.